The van der Waals surface area contributed by atoms with Crippen molar-refractivity contribution in [2.24, 2.45) is 11.7 Å². The first-order chi connectivity index (χ1) is 17.6. The fourth-order valence-electron chi connectivity index (χ4n) is 5.03. The van der Waals surface area contributed by atoms with Crippen LogP contribution in [0, 0.1) is 5.92 Å². The summed E-state index contributed by atoms with van der Waals surface area (Å²) < 4.78 is 11.5. The molecule has 1 saturated heterocycles. The Morgan fingerprint density at radius 1 is 1.05 bits per heavy atom. The van der Waals surface area contributed by atoms with Gasteiger partial charge in [-0.2, -0.15) is 0 Å². The highest BCUT2D eigenvalue weighted by Gasteiger charge is 2.48. The number of hydrogen-bond donors (Lipinski definition) is 1. The molecule has 0 radical (unpaired) electrons. The molecule has 2 aromatic carbocycles. The molecule has 1 fully saturated rings. The Bertz CT molecular complexity index is 989. The summed E-state index contributed by atoms with van der Waals surface area (Å²) in [6.45, 7) is 9.11. The van der Waals surface area contributed by atoms with Gasteiger partial charge in [0.15, 0.2) is 0 Å². The molecule has 2 N–H and O–H groups in total. The molecular weight excluding hydrogens is 466 g/mol. The number of benzene rings is 2. The highest BCUT2D eigenvalue weighted by Crippen LogP contribution is 2.35. The molecule has 3 rings (SSSR count). The van der Waals surface area contributed by atoms with E-state index in [1.807, 2.05) is 69.3 Å². The standard InChI is InChI=1S/C30H43N3O4/c1-6-22(19-31)17-26-25(32(5)29(35)36-21-24-15-11-8-12-16-24)18-27(28(34)37-30(2,3)4)33(26)20-23-13-9-7-10-14-23/h7-16,22,25-27H,6,17-21,31H2,1-5H3. The Balaban J connectivity index is 1.89. The first kappa shape index (κ1) is 28.7. The lowest BCUT2D eigenvalue weighted by Crippen LogP contribution is -2.48. The molecule has 4 unspecified atom stereocenters. The van der Waals surface area contributed by atoms with Crippen LogP contribution >= 0.6 is 0 Å². The first-order valence-electron chi connectivity index (χ1n) is 13.3. The van der Waals surface area contributed by atoms with E-state index in [1.54, 1.807) is 11.9 Å². The zero-order valence-corrected chi connectivity index (χ0v) is 22.9. The van der Waals surface area contributed by atoms with Gasteiger partial charge in [-0.15, -0.1) is 0 Å². The fraction of sp³-hybridized carbons (Fsp3) is 0.533. The van der Waals surface area contributed by atoms with Gasteiger partial charge < -0.3 is 20.1 Å². The Hall–Kier alpha value is -2.90. The van der Waals surface area contributed by atoms with Crippen molar-refractivity contribution in [1.82, 2.24) is 9.80 Å². The topological polar surface area (TPSA) is 85.1 Å². The predicted molar refractivity (Wildman–Crippen MR) is 146 cm³/mol. The van der Waals surface area contributed by atoms with Crippen LogP contribution in [0.3, 0.4) is 0 Å². The third-order valence-corrected chi connectivity index (χ3v) is 7.10. The minimum Gasteiger partial charge on any atom is -0.459 e. The van der Waals surface area contributed by atoms with E-state index in [4.69, 9.17) is 15.2 Å². The number of esters is 1. The summed E-state index contributed by atoms with van der Waals surface area (Å²) in [7, 11) is 1.77. The van der Waals surface area contributed by atoms with Crippen molar-refractivity contribution in [3.8, 4) is 0 Å². The summed E-state index contributed by atoms with van der Waals surface area (Å²) in [5.41, 5.74) is 7.55. The lowest BCUT2D eigenvalue weighted by atomic mass is 9.92. The van der Waals surface area contributed by atoms with Crippen LogP contribution in [0.1, 0.15) is 58.1 Å². The van der Waals surface area contributed by atoms with Crippen LogP contribution in [0.4, 0.5) is 4.79 Å². The van der Waals surface area contributed by atoms with Crippen LogP contribution < -0.4 is 5.73 Å². The van der Waals surface area contributed by atoms with Crippen LogP contribution in [0.2, 0.25) is 0 Å². The second kappa shape index (κ2) is 13.1. The number of carbonyl (C=O) groups is 2. The van der Waals surface area contributed by atoms with E-state index in [-0.39, 0.29) is 30.6 Å². The van der Waals surface area contributed by atoms with Gasteiger partial charge in [0.1, 0.15) is 18.2 Å². The monoisotopic (exact) mass is 509 g/mol. The highest BCUT2D eigenvalue weighted by molar-refractivity contribution is 5.77. The predicted octanol–water partition coefficient (Wildman–Crippen LogP) is 4.98. The SMILES string of the molecule is CCC(CN)CC1C(N(C)C(=O)OCc2ccccc2)CC(C(=O)OC(C)(C)C)N1Cc1ccccc1. The maximum absolute atomic E-state index is 13.5. The fourth-order valence-corrected chi connectivity index (χ4v) is 5.03. The summed E-state index contributed by atoms with van der Waals surface area (Å²) in [5, 5.41) is 0. The maximum atomic E-state index is 13.5. The molecule has 7 nitrogen and oxygen atoms in total. The number of hydrogen-bond acceptors (Lipinski definition) is 6. The Morgan fingerprint density at radius 2 is 1.65 bits per heavy atom. The molecule has 0 saturated carbocycles. The number of likely N-dealkylation sites (tertiary alicyclic amines) is 1. The van der Waals surface area contributed by atoms with E-state index < -0.39 is 17.7 Å². The van der Waals surface area contributed by atoms with Crippen LogP contribution in [0.25, 0.3) is 0 Å². The van der Waals surface area contributed by atoms with Crippen LogP contribution in [0.15, 0.2) is 60.7 Å². The van der Waals surface area contributed by atoms with Crippen LogP contribution in [0.5, 0.6) is 0 Å². The number of amides is 1. The molecule has 37 heavy (non-hydrogen) atoms. The van der Waals surface area contributed by atoms with Crippen molar-refractivity contribution in [1.29, 1.82) is 0 Å². The smallest absolute Gasteiger partial charge is 0.410 e. The second-order valence-electron chi connectivity index (χ2n) is 11.0. The maximum Gasteiger partial charge on any atom is 0.410 e. The molecule has 0 spiro atoms. The van der Waals surface area contributed by atoms with Gasteiger partial charge in [-0.1, -0.05) is 74.0 Å². The quantitative estimate of drug-likeness (QED) is 0.455. The minimum absolute atomic E-state index is 0.0690. The van der Waals surface area contributed by atoms with Gasteiger partial charge in [-0.25, -0.2) is 4.79 Å². The van der Waals surface area contributed by atoms with Gasteiger partial charge in [0, 0.05) is 19.6 Å². The number of rotatable bonds is 10. The molecule has 1 aliphatic heterocycles. The normalized spacial score (nSPS) is 20.9. The third kappa shape index (κ3) is 8.04. The molecule has 0 bridgehead atoms. The van der Waals surface area contributed by atoms with Crippen molar-refractivity contribution in [2.45, 2.75) is 83.8 Å². The molecule has 0 aromatic heterocycles. The number of likely N-dealkylation sites (N-methyl/N-ethyl adjacent to an activating group) is 1. The molecule has 4 atom stereocenters. The largest absolute Gasteiger partial charge is 0.459 e. The van der Waals surface area contributed by atoms with Crippen molar-refractivity contribution in [3.05, 3.63) is 71.8 Å². The molecule has 7 heteroatoms. The molecule has 0 aliphatic carbocycles. The Morgan fingerprint density at radius 3 is 2.19 bits per heavy atom. The highest BCUT2D eigenvalue weighted by atomic mass is 16.6. The van der Waals surface area contributed by atoms with Gasteiger partial charge in [0.2, 0.25) is 0 Å². The third-order valence-electron chi connectivity index (χ3n) is 7.10. The number of nitrogens with two attached hydrogens (primary N) is 1. The summed E-state index contributed by atoms with van der Waals surface area (Å²) in [6.07, 6.45) is 1.78. The molecule has 1 aliphatic rings. The van der Waals surface area contributed by atoms with E-state index in [0.717, 1.165) is 24.0 Å². The second-order valence-corrected chi connectivity index (χ2v) is 11.0. The summed E-state index contributed by atoms with van der Waals surface area (Å²) >= 11 is 0. The lowest BCUT2D eigenvalue weighted by molar-refractivity contribution is -0.161. The van der Waals surface area contributed by atoms with Crippen molar-refractivity contribution < 1.29 is 19.1 Å². The van der Waals surface area contributed by atoms with E-state index in [2.05, 4.69) is 24.0 Å². The Labute approximate surface area is 221 Å². The first-order valence-corrected chi connectivity index (χ1v) is 13.3. The number of carbonyl (C=O) groups excluding carboxylic acids is 2. The Kier molecular flexibility index (Phi) is 10.1. The van der Waals surface area contributed by atoms with Crippen LogP contribution in [-0.4, -0.2) is 59.2 Å². The summed E-state index contributed by atoms with van der Waals surface area (Å²) in [5.74, 6) is 0.0136. The number of nitrogens with zero attached hydrogens (tertiary/aromatic N) is 2. The average molecular weight is 510 g/mol. The number of ether oxygens (including phenoxy) is 2. The van der Waals surface area contributed by atoms with E-state index in [0.29, 0.717) is 19.5 Å². The van der Waals surface area contributed by atoms with Crippen LogP contribution in [-0.2, 0) is 27.4 Å². The van der Waals surface area contributed by atoms with E-state index in [9.17, 15) is 9.59 Å². The van der Waals surface area contributed by atoms with Crippen molar-refractivity contribution >= 4 is 12.1 Å². The van der Waals surface area contributed by atoms with Gasteiger partial charge in [0.25, 0.3) is 0 Å². The minimum atomic E-state index is -0.604. The van der Waals surface area contributed by atoms with Gasteiger partial charge in [-0.3, -0.25) is 9.69 Å². The zero-order chi connectivity index (χ0) is 27.0. The molecule has 1 amide bonds. The van der Waals surface area contributed by atoms with E-state index in [1.165, 1.54) is 0 Å². The molecular formula is C30H43N3O4. The van der Waals surface area contributed by atoms with Crippen molar-refractivity contribution in [3.63, 3.8) is 0 Å². The van der Waals surface area contributed by atoms with E-state index >= 15 is 0 Å². The van der Waals surface area contributed by atoms with Gasteiger partial charge in [0.05, 0.1) is 6.04 Å². The average Bonchev–Trinajstić information content (AvgIpc) is 3.23. The molecule has 2 aromatic rings. The zero-order valence-electron chi connectivity index (χ0n) is 22.9. The molecule has 202 valence electrons. The summed E-state index contributed by atoms with van der Waals surface area (Å²) in [4.78, 5) is 30.5. The summed E-state index contributed by atoms with van der Waals surface area (Å²) in [6, 6.07) is 19.0. The van der Waals surface area contributed by atoms with Gasteiger partial charge in [-0.05, 0) is 57.2 Å². The molecule has 1 heterocycles. The van der Waals surface area contributed by atoms with Crippen molar-refractivity contribution in [2.75, 3.05) is 13.6 Å². The van der Waals surface area contributed by atoms with Gasteiger partial charge >= 0.3 is 12.1 Å². The lowest BCUT2D eigenvalue weighted by Gasteiger charge is -2.36.